The van der Waals surface area contributed by atoms with Gasteiger partial charge in [-0.1, -0.05) is 25.0 Å². The van der Waals surface area contributed by atoms with Gasteiger partial charge in [0.15, 0.2) is 0 Å². The largest absolute Gasteiger partial charge is 0.444 e. The lowest BCUT2D eigenvalue weighted by Gasteiger charge is -2.27. The predicted octanol–water partition coefficient (Wildman–Crippen LogP) is 4.38. The highest BCUT2D eigenvalue weighted by Gasteiger charge is 2.38. The van der Waals surface area contributed by atoms with E-state index in [1.165, 1.54) is 0 Å². The highest BCUT2D eigenvalue weighted by atomic mass is 16.6. The van der Waals surface area contributed by atoms with E-state index < -0.39 is 5.60 Å². The van der Waals surface area contributed by atoms with E-state index in [1.54, 1.807) is 11.1 Å². The number of imidazole rings is 1. The van der Waals surface area contributed by atoms with Crippen LogP contribution in [0.4, 0.5) is 4.79 Å². The fraction of sp³-hybridized carbons (Fsp3) is 0.429. The molecule has 1 amide bonds. The third kappa shape index (κ3) is 3.91. The molecule has 2 aromatic rings. The molecule has 1 aromatic carbocycles. The molecule has 0 aliphatic carbocycles. The van der Waals surface area contributed by atoms with Crippen LogP contribution in [0.5, 0.6) is 0 Å². The number of carbonyl (C=O) groups excluding carboxylic acids is 1. The van der Waals surface area contributed by atoms with Crippen molar-refractivity contribution in [3.8, 4) is 23.6 Å². The standard InChI is InChI=1S/C21H25N3O2/c1-6-15-7-9-16(10-8-15)17-12-22-19(23-17)18-11-14(2)13-24(18)20(25)26-21(3,4)5/h1,7-10,12,14,18H,11,13H2,2-5H3,(H,22,23)/t14-,18-/m0/s1. The maximum Gasteiger partial charge on any atom is 0.410 e. The average Bonchev–Trinajstić information content (AvgIpc) is 3.20. The molecule has 1 aliphatic heterocycles. The van der Waals surface area contributed by atoms with Crippen molar-refractivity contribution in [3.63, 3.8) is 0 Å². The number of aromatic amines is 1. The Hall–Kier alpha value is -2.74. The first-order valence-corrected chi connectivity index (χ1v) is 8.88. The molecule has 1 aromatic heterocycles. The van der Waals surface area contributed by atoms with Gasteiger partial charge < -0.3 is 9.72 Å². The van der Waals surface area contributed by atoms with Crippen molar-refractivity contribution in [3.05, 3.63) is 41.9 Å². The summed E-state index contributed by atoms with van der Waals surface area (Å²) in [5, 5.41) is 0. The summed E-state index contributed by atoms with van der Waals surface area (Å²) in [6.45, 7) is 8.45. The summed E-state index contributed by atoms with van der Waals surface area (Å²) in [4.78, 5) is 22.3. The van der Waals surface area contributed by atoms with Crippen LogP contribution in [0.1, 0.15) is 51.5 Å². The van der Waals surface area contributed by atoms with Crippen LogP contribution in [0, 0.1) is 18.3 Å². The molecule has 26 heavy (non-hydrogen) atoms. The minimum atomic E-state index is -0.513. The van der Waals surface area contributed by atoms with E-state index in [4.69, 9.17) is 11.2 Å². The molecule has 0 bridgehead atoms. The zero-order valence-electron chi connectivity index (χ0n) is 15.7. The molecule has 0 spiro atoms. The number of hydrogen-bond donors (Lipinski definition) is 1. The number of rotatable bonds is 2. The van der Waals surface area contributed by atoms with Crippen LogP contribution >= 0.6 is 0 Å². The summed E-state index contributed by atoms with van der Waals surface area (Å²) in [5.74, 6) is 3.80. The van der Waals surface area contributed by atoms with Gasteiger partial charge in [-0.2, -0.15) is 0 Å². The van der Waals surface area contributed by atoms with E-state index in [0.717, 1.165) is 29.1 Å². The minimum absolute atomic E-state index is 0.0985. The molecule has 0 saturated carbocycles. The Morgan fingerprint density at radius 2 is 2.04 bits per heavy atom. The van der Waals surface area contributed by atoms with E-state index >= 15 is 0 Å². The number of likely N-dealkylation sites (tertiary alicyclic amines) is 1. The summed E-state index contributed by atoms with van der Waals surface area (Å²) >= 11 is 0. The normalized spacial score (nSPS) is 20.0. The van der Waals surface area contributed by atoms with Gasteiger partial charge in [-0.15, -0.1) is 6.42 Å². The fourth-order valence-corrected chi connectivity index (χ4v) is 3.23. The summed E-state index contributed by atoms with van der Waals surface area (Å²) < 4.78 is 5.57. The molecular formula is C21H25N3O2. The number of H-pyrrole nitrogens is 1. The molecule has 5 nitrogen and oxygen atoms in total. The van der Waals surface area contributed by atoms with E-state index in [1.807, 2.05) is 45.0 Å². The van der Waals surface area contributed by atoms with Crippen molar-refractivity contribution >= 4 is 6.09 Å². The van der Waals surface area contributed by atoms with Gasteiger partial charge in [0.25, 0.3) is 0 Å². The van der Waals surface area contributed by atoms with Crippen molar-refractivity contribution in [1.29, 1.82) is 0 Å². The Morgan fingerprint density at radius 3 is 2.65 bits per heavy atom. The van der Waals surface area contributed by atoms with Gasteiger partial charge in [-0.05, 0) is 50.8 Å². The van der Waals surface area contributed by atoms with Gasteiger partial charge in [0.2, 0.25) is 0 Å². The molecule has 0 radical (unpaired) electrons. The SMILES string of the molecule is C#Cc1ccc(-c2cnc([C@@H]3C[C@H](C)CN3C(=O)OC(C)(C)C)[nH]2)cc1. The average molecular weight is 351 g/mol. The van der Waals surface area contributed by atoms with Crippen LogP contribution in [0.3, 0.4) is 0 Å². The zero-order chi connectivity index (χ0) is 18.9. The van der Waals surface area contributed by atoms with Gasteiger partial charge in [0.05, 0.1) is 17.9 Å². The molecule has 1 N–H and O–H groups in total. The maximum atomic E-state index is 12.6. The van der Waals surface area contributed by atoms with Crippen LogP contribution in [0.15, 0.2) is 30.5 Å². The number of nitrogens with one attached hydrogen (secondary N) is 1. The molecule has 2 heterocycles. The minimum Gasteiger partial charge on any atom is -0.444 e. The van der Waals surface area contributed by atoms with Gasteiger partial charge in [-0.3, -0.25) is 4.90 Å². The summed E-state index contributed by atoms with van der Waals surface area (Å²) in [6.07, 6.45) is 7.78. The van der Waals surface area contributed by atoms with Gasteiger partial charge >= 0.3 is 6.09 Å². The number of aromatic nitrogens is 2. The topological polar surface area (TPSA) is 58.2 Å². The smallest absolute Gasteiger partial charge is 0.410 e. The van der Waals surface area contributed by atoms with Crippen molar-refractivity contribution < 1.29 is 9.53 Å². The van der Waals surface area contributed by atoms with Gasteiger partial charge in [0, 0.05) is 12.1 Å². The number of ether oxygens (including phenoxy) is 1. The molecule has 3 rings (SSSR count). The lowest BCUT2D eigenvalue weighted by Crippen LogP contribution is -2.37. The van der Waals surface area contributed by atoms with Crippen LogP contribution < -0.4 is 0 Å². The Balaban J connectivity index is 1.82. The second-order valence-corrected chi connectivity index (χ2v) is 7.89. The Morgan fingerprint density at radius 1 is 1.35 bits per heavy atom. The highest BCUT2D eigenvalue weighted by Crippen LogP contribution is 2.35. The summed E-state index contributed by atoms with van der Waals surface area (Å²) in [7, 11) is 0. The van der Waals surface area contributed by atoms with Gasteiger partial charge in [0.1, 0.15) is 11.4 Å². The third-order valence-electron chi connectivity index (χ3n) is 4.41. The highest BCUT2D eigenvalue weighted by molar-refractivity contribution is 5.69. The van der Waals surface area contributed by atoms with Crippen molar-refractivity contribution in [2.24, 2.45) is 5.92 Å². The number of benzene rings is 1. The van der Waals surface area contributed by atoms with E-state index in [2.05, 4.69) is 22.8 Å². The lowest BCUT2D eigenvalue weighted by atomic mass is 10.1. The number of carbonyl (C=O) groups is 1. The first kappa shape index (κ1) is 18.1. The molecule has 1 aliphatic rings. The molecular weight excluding hydrogens is 326 g/mol. The number of terminal acetylenes is 1. The maximum absolute atomic E-state index is 12.6. The van der Waals surface area contributed by atoms with Crippen LogP contribution in [-0.2, 0) is 4.74 Å². The first-order valence-electron chi connectivity index (χ1n) is 8.88. The predicted molar refractivity (Wildman–Crippen MR) is 101 cm³/mol. The van der Waals surface area contributed by atoms with E-state index in [0.29, 0.717) is 12.5 Å². The van der Waals surface area contributed by atoms with E-state index in [-0.39, 0.29) is 12.1 Å². The lowest BCUT2D eigenvalue weighted by molar-refractivity contribution is 0.0214. The van der Waals surface area contributed by atoms with Crippen molar-refractivity contribution in [1.82, 2.24) is 14.9 Å². The molecule has 1 saturated heterocycles. The number of nitrogens with zero attached hydrogens (tertiary/aromatic N) is 2. The number of hydrogen-bond acceptors (Lipinski definition) is 3. The van der Waals surface area contributed by atoms with Crippen molar-refractivity contribution in [2.45, 2.75) is 45.8 Å². The molecule has 2 atom stereocenters. The second-order valence-electron chi connectivity index (χ2n) is 7.89. The molecule has 5 heteroatoms. The van der Waals surface area contributed by atoms with Crippen LogP contribution in [0.2, 0.25) is 0 Å². The summed E-state index contributed by atoms with van der Waals surface area (Å²) in [5.41, 5.74) is 2.25. The first-order chi connectivity index (χ1) is 12.3. The zero-order valence-corrected chi connectivity index (χ0v) is 15.7. The Labute approximate surface area is 154 Å². The van der Waals surface area contributed by atoms with Gasteiger partial charge in [-0.25, -0.2) is 9.78 Å². The molecule has 0 unspecified atom stereocenters. The molecule has 136 valence electrons. The second kappa shape index (κ2) is 6.87. The molecule has 1 fully saturated rings. The fourth-order valence-electron chi connectivity index (χ4n) is 3.23. The van der Waals surface area contributed by atoms with Crippen LogP contribution in [-0.4, -0.2) is 33.1 Å². The summed E-state index contributed by atoms with van der Waals surface area (Å²) in [6, 6.07) is 7.64. The number of amides is 1. The Bertz CT molecular complexity index is 824. The van der Waals surface area contributed by atoms with E-state index in [9.17, 15) is 4.79 Å². The monoisotopic (exact) mass is 351 g/mol. The van der Waals surface area contributed by atoms with Crippen LogP contribution in [0.25, 0.3) is 11.3 Å². The quantitative estimate of drug-likeness (QED) is 0.817. The Kier molecular flexibility index (Phi) is 4.78. The van der Waals surface area contributed by atoms with Crippen molar-refractivity contribution in [2.75, 3.05) is 6.54 Å². The third-order valence-corrected chi connectivity index (χ3v) is 4.41.